The van der Waals surface area contributed by atoms with Crippen molar-refractivity contribution in [3.63, 3.8) is 0 Å². The van der Waals surface area contributed by atoms with Crippen molar-refractivity contribution in [2.45, 2.75) is 32.7 Å². The Morgan fingerprint density at radius 2 is 2.33 bits per heavy atom. The molecule has 1 aliphatic carbocycles. The molecule has 0 aromatic rings. The highest BCUT2D eigenvalue weighted by Gasteiger charge is 2.37. The molecule has 1 saturated carbocycles. The lowest BCUT2D eigenvalue weighted by Gasteiger charge is -2.43. The average molecular weight is 127 g/mol. The van der Waals surface area contributed by atoms with E-state index in [1.807, 2.05) is 0 Å². The van der Waals surface area contributed by atoms with Gasteiger partial charge in [0.2, 0.25) is 6.41 Å². The Balaban J connectivity index is 2.36. The summed E-state index contributed by atoms with van der Waals surface area (Å²) in [6.45, 7) is 4.36. The fraction of sp³-hybridized carbons (Fsp3) is 0.857. The van der Waals surface area contributed by atoms with Crippen LogP contribution in [-0.4, -0.2) is 12.5 Å². The lowest BCUT2D eigenvalue weighted by atomic mass is 9.67. The van der Waals surface area contributed by atoms with Crippen molar-refractivity contribution in [2.24, 2.45) is 5.41 Å². The van der Waals surface area contributed by atoms with Crippen molar-refractivity contribution in [1.82, 2.24) is 5.32 Å². The first-order chi connectivity index (χ1) is 4.17. The molecule has 9 heavy (non-hydrogen) atoms. The number of carbonyl (C=O) groups excluding carboxylic acids is 1. The van der Waals surface area contributed by atoms with Crippen LogP contribution in [0.15, 0.2) is 0 Å². The lowest BCUT2D eigenvalue weighted by Crippen LogP contribution is -2.49. The zero-order chi connectivity index (χ0) is 6.91. The second-order valence-electron chi connectivity index (χ2n) is 3.36. The Morgan fingerprint density at radius 3 is 2.44 bits per heavy atom. The van der Waals surface area contributed by atoms with Crippen LogP contribution in [0.25, 0.3) is 0 Å². The first-order valence-corrected chi connectivity index (χ1v) is 3.36. The number of carbonyl (C=O) groups is 1. The molecule has 0 aromatic carbocycles. The molecular weight excluding hydrogens is 114 g/mol. The Bertz CT molecular complexity index is 120. The summed E-state index contributed by atoms with van der Waals surface area (Å²) in [7, 11) is 0. The number of hydrogen-bond acceptors (Lipinski definition) is 1. The summed E-state index contributed by atoms with van der Waals surface area (Å²) in [5.41, 5.74) is 0.348. The molecule has 0 aliphatic heterocycles. The van der Waals surface area contributed by atoms with Gasteiger partial charge >= 0.3 is 0 Å². The maximum absolute atomic E-state index is 9.98. The molecule has 1 fully saturated rings. The summed E-state index contributed by atoms with van der Waals surface area (Å²) in [4.78, 5) is 9.98. The summed E-state index contributed by atoms with van der Waals surface area (Å²) in [5.74, 6) is 0. The van der Waals surface area contributed by atoms with Gasteiger partial charge in [0, 0.05) is 6.04 Å². The fourth-order valence-corrected chi connectivity index (χ4v) is 1.26. The van der Waals surface area contributed by atoms with E-state index in [4.69, 9.17) is 0 Å². The highest BCUT2D eigenvalue weighted by molar-refractivity contribution is 5.47. The Kier molecular flexibility index (Phi) is 1.47. The molecule has 1 N–H and O–H groups in total. The average Bonchev–Trinajstić information content (AvgIpc) is 1.81. The van der Waals surface area contributed by atoms with Gasteiger partial charge in [0.15, 0.2) is 0 Å². The highest BCUT2D eigenvalue weighted by Crippen LogP contribution is 2.39. The van der Waals surface area contributed by atoms with Crippen molar-refractivity contribution >= 4 is 6.41 Å². The Morgan fingerprint density at radius 1 is 1.67 bits per heavy atom. The number of amides is 1. The first kappa shape index (κ1) is 6.59. The van der Waals surface area contributed by atoms with E-state index in [0.717, 1.165) is 12.8 Å². The molecule has 1 amide bonds. The van der Waals surface area contributed by atoms with Gasteiger partial charge < -0.3 is 5.32 Å². The summed E-state index contributed by atoms with van der Waals surface area (Å²) >= 11 is 0. The van der Waals surface area contributed by atoms with Gasteiger partial charge in [0.1, 0.15) is 0 Å². The molecule has 52 valence electrons. The highest BCUT2D eigenvalue weighted by atomic mass is 16.1. The van der Waals surface area contributed by atoms with Gasteiger partial charge in [0.05, 0.1) is 0 Å². The van der Waals surface area contributed by atoms with E-state index in [0.29, 0.717) is 11.5 Å². The quantitative estimate of drug-likeness (QED) is 0.549. The van der Waals surface area contributed by atoms with Gasteiger partial charge in [0.25, 0.3) is 0 Å². The maximum Gasteiger partial charge on any atom is 0.207 e. The molecule has 2 heteroatoms. The standard InChI is InChI=1S/C7H13NO/c1-7(2)4-3-6(7)8-5-9/h5-6H,3-4H2,1-2H3,(H,8,9). The van der Waals surface area contributed by atoms with Gasteiger partial charge in [-0.15, -0.1) is 0 Å². The summed E-state index contributed by atoms with van der Waals surface area (Å²) in [6, 6.07) is 0.426. The van der Waals surface area contributed by atoms with Crippen LogP contribution in [0.4, 0.5) is 0 Å². The van der Waals surface area contributed by atoms with Crippen LogP contribution in [0, 0.1) is 5.41 Å². The summed E-state index contributed by atoms with van der Waals surface area (Å²) in [6.07, 6.45) is 3.18. The third-order valence-electron chi connectivity index (χ3n) is 2.29. The molecule has 1 unspecified atom stereocenters. The van der Waals surface area contributed by atoms with Crippen LogP contribution < -0.4 is 5.32 Å². The van der Waals surface area contributed by atoms with E-state index >= 15 is 0 Å². The predicted molar refractivity (Wildman–Crippen MR) is 36.0 cm³/mol. The minimum Gasteiger partial charge on any atom is -0.355 e. The van der Waals surface area contributed by atoms with Crippen molar-refractivity contribution in [2.75, 3.05) is 0 Å². The molecule has 2 nitrogen and oxygen atoms in total. The number of nitrogens with one attached hydrogen (secondary N) is 1. The van der Waals surface area contributed by atoms with Crippen LogP contribution in [0.5, 0.6) is 0 Å². The normalized spacial score (nSPS) is 30.7. The topological polar surface area (TPSA) is 29.1 Å². The third-order valence-corrected chi connectivity index (χ3v) is 2.29. The maximum atomic E-state index is 9.98. The van der Waals surface area contributed by atoms with Gasteiger partial charge in [-0.2, -0.15) is 0 Å². The van der Waals surface area contributed by atoms with Gasteiger partial charge in [-0.1, -0.05) is 13.8 Å². The molecule has 0 saturated heterocycles. The van der Waals surface area contributed by atoms with Gasteiger partial charge in [-0.25, -0.2) is 0 Å². The van der Waals surface area contributed by atoms with Crippen LogP contribution in [0.1, 0.15) is 26.7 Å². The molecule has 1 rings (SSSR count). The molecule has 0 aromatic heterocycles. The minimum atomic E-state index is 0.348. The van der Waals surface area contributed by atoms with Crippen molar-refractivity contribution < 1.29 is 4.79 Å². The van der Waals surface area contributed by atoms with E-state index < -0.39 is 0 Å². The largest absolute Gasteiger partial charge is 0.355 e. The number of rotatable bonds is 2. The van der Waals surface area contributed by atoms with E-state index in [9.17, 15) is 4.79 Å². The van der Waals surface area contributed by atoms with Crippen molar-refractivity contribution in [1.29, 1.82) is 0 Å². The summed E-state index contributed by atoms with van der Waals surface area (Å²) in [5, 5.41) is 2.79. The van der Waals surface area contributed by atoms with E-state index in [-0.39, 0.29) is 0 Å². The van der Waals surface area contributed by atoms with Gasteiger partial charge in [-0.05, 0) is 18.3 Å². The Labute approximate surface area is 55.6 Å². The SMILES string of the molecule is CC1(C)CCC1NC=O. The van der Waals surface area contributed by atoms with Crippen LogP contribution in [-0.2, 0) is 4.79 Å². The smallest absolute Gasteiger partial charge is 0.207 e. The van der Waals surface area contributed by atoms with E-state index in [1.165, 1.54) is 6.42 Å². The molecular formula is C7H13NO. The summed E-state index contributed by atoms with van der Waals surface area (Å²) < 4.78 is 0. The number of hydrogen-bond donors (Lipinski definition) is 1. The first-order valence-electron chi connectivity index (χ1n) is 3.36. The zero-order valence-corrected chi connectivity index (χ0v) is 5.98. The monoisotopic (exact) mass is 127 g/mol. The van der Waals surface area contributed by atoms with E-state index in [2.05, 4.69) is 19.2 Å². The van der Waals surface area contributed by atoms with Crippen molar-refractivity contribution in [3.8, 4) is 0 Å². The van der Waals surface area contributed by atoms with E-state index in [1.54, 1.807) is 0 Å². The molecule has 0 spiro atoms. The van der Waals surface area contributed by atoms with Crippen LogP contribution in [0.2, 0.25) is 0 Å². The lowest BCUT2D eigenvalue weighted by molar-refractivity contribution is -0.112. The molecule has 0 heterocycles. The van der Waals surface area contributed by atoms with Crippen LogP contribution in [0.3, 0.4) is 0 Å². The minimum absolute atomic E-state index is 0.348. The molecule has 1 aliphatic rings. The van der Waals surface area contributed by atoms with Crippen molar-refractivity contribution in [3.05, 3.63) is 0 Å². The third kappa shape index (κ3) is 1.07. The van der Waals surface area contributed by atoms with Crippen LogP contribution >= 0.6 is 0 Å². The molecule has 0 radical (unpaired) electrons. The Hall–Kier alpha value is -0.530. The molecule has 0 bridgehead atoms. The van der Waals surface area contributed by atoms with Gasteiger partial charge in [-0.3, -0.25) is 4.79 Å². The molecule has 1 atom stereocenters. The second-order valence-corrected chi connectivity index (χ2v) is 3.36. The predicted octanol–water partition coefficient (Wildman–Crippen LogP) is 0.921. The fourth-order valence-electron chi connectivity index (χ4n) is 1.26. The second kappa shape index (κ2) is 2.01. The zero-order valence-electron chi connectivity index (χ0n) is 5.98.